The second kappa shape index (κ2) is 7.86. The third-order valence-electron chi connectivity index (χ3n) is 4.07. The van der Waals surface area contributed by atoms with Gasteiger partial charge in [-0.3, -0.25) is 9.10 Å². The molecule has 5 nitrogen and oxygen atoms in total. The second-order valence-electron chi connectivity index (χ2n) is 6.40. The van der Waals surface area contributed by atoms with Crippen LogP contribution in [-0.4, -0.2) is 27.1 Å². The maximum atomic E-state index is 13.0. The number of rotatable bonds is 6. The van der Waals surface area contributed by atoms with Gasteiger partial charge in [-0.25, -0.2) is 12.8 Å². The highest BCUT2D eigenvalue weighted by Gasteiger charge is 2.23. The number of nitrogens with one attached hydrogen (secondary N) is 1. The van der Waals surface area contributed by atoms with Crippen LogP contribution in [0.25, 0.3) is 0 Å². The number of amides is 1. The molecule has 140 valence electrons. The fourth-order valence-electron chi connectivity index (χ4n) is 2.62. The Labute approximate surface area is 153 Å². The van der Waals surface area contributed by atoms with E-state index in [0.717, 1.165) is 27.3 Å². The van der Waals surface area contributed by atoms with Gasteiger partial charge in [-0.05, 0) is 55.7 Å². The summed E-state index contributed by atoms with van der Waals surface area (Å²) in [5.74, 6) is -0.793. The molecule has 0 saturated carbocycles. The van der Waals surface area contributed by atoms with Crippen LogP contribution in [0.5, 0.6) is 0 Å². The van der Waals surface area contributed by atoms with E-state index in [4.69, 9.17) is 0 Å². The molecule has 1 atom stereocenters. The van der Waals surface area contributed by atoms with Crippen LogP contribution in [0.1, 0.15) is 29.7 Å². The Morgan fingerprint density at radius 3 is 2.35 bits per heavy atom. The predicted octanol–water partition coefficient (Wildman–Crippen LogP) is 3.09. The average molecular weight is 378 g/mol. The lowest BCUT2D eigenvalue weighted by Gasteiger charge is -2.25. The summed E-state index contributed by atoms with van der Waals surface area (Å²) in [4.78, 5) is 12.4. The summed E-state index contributed by atoms with van der Waals surface area (Å²) in [7, 11) is -3.64. The number of halogens is 1. The number of hydrogen-bond donors (Lipinski definition) is 1. The van der Waals surface area contributed by atoms with Crippen molar-refractivity contribution in [2.75, 3.05) is 17.1 Å². The van der Waals surface area contributed by atoms with E-state index < -0.39 is 15.9 Å². The Morgan fingerprint density at radius 2 is 1.77 bits per heavy atom. The minimum Gasteiger partial charge on any atom is -0.348 e. The molecular formula is C19H23FN2O3S. The van der Waals surface area contributed by atoms with E-state index in [0.29, 0.717) is 5.69 Å². The molecular weight excluding hydrogens is 355 g/mol. The summed E-state index contributed by atoms with van der Waals surface area (Å²) >= 11 is 0. The van der Waals surface area contributed by atoms with Gasteiger partial charge in [0.2, 0.25) is 15.9 Å². The Kier molecular flexibility index (Phi) is 6.02. The molecule has 0 radical (unpaired) electrons. The van der Waals surface area contributed by atoms with Gasteiger partial charge in [-0.2, -0.15) is 0 Å². The van der Waals surface area contributed by atoms with Crippen LogP contribution in [0.15, 0.2) is 42.5 Å². The molecule has 0 heterocycles. The Hall–Kier alpha value is -2.41. The highest BCUT2D eigenvalue weighted by molar-refractivity contribution is 7.92. The van der Waals surface area contributed by atoms with Crippen molar-refractivity contribution in [3.8, 4) is 0 Å². The minimum absolute atomic E-state index is 0.325. The maximum absolute atomic E-state index is 13.0. The molecule has 1 N–H and O–H groups in total. The zero-order valence-electron chi connectivity index (χ0n) is 15.3. The summed E-state index contributed by atoms with van der Waals surface area (Å²) in [6.45, 7) is 5.09. The van der Waals surface area contributed by atoms with Crippen LogP contribution in [0.3, 0.4) is 0 Å². The molecule has 0 fully saturated rings. The van der Waals surface area contributed by atoms with Crippen molar-refractivity contribution in [3.05, 3.63) is 65.0 Å². The second-order valence-corrected chi connectivity index (χ2v) is 8.31. The smallest absolute Gasteiger partial charge is 0.241 e. The van der Waals surface area contributed by atoms with Crippen molar-refractivity contribution < 1.29 is 17.6 Å². The lowest BCUT2D eigenvalue weighted by Crippen LogP contribution is -2.41. The van der Waals surface area contributed by atoms with Gasteiger partial charge in [0.25, 0.3) is 0 Å². The highest BCUT2D eigenvalue weighted by Crippen LogP contribution is 2.24. The van der Waals surface area contributed by atoms with Crippen LogP contribution < -0.4 is 9.62 Å². The van der Waals surface area contributed by atoms with E-state index in [9.17, 15) is 17.6 Å². The van der Waals surface area contributed by atoms with Crippen molar-refractivity contribution in [2.45, 2.75) is 26.8 Å². The molecule has 0 bridgehead atoms. The van der Waals surface area contributed by atoms with Crippen molar-refractivity contribution >= 4 is 21.6 Å². The fourth-order valence-corrected chi connectivity index (χ4v) is 3.53. The molecule has 7 heteroatoms. The number of hydrogen-bond acceptors (Lipinski definition) is 3. The van der Waals surface area contributed by atoms with Crippen LogP contribution in [0.2, 0.25) is 0 Å². The molecule has 2 aromatic rings. The first-order valence-corrected chi connectivity index (χ1v) is 10.0. The van der Waals surface area contributed by atoms with E-state index in [-0.39, 0.29) is 18.4 Å². The van der Waals surface area contributed by atoms with Crippen LogP contribution in [-0.2, 0) is 14.8 Å². The van der Waals surface area contributed by atoms with Gasteiger partial charge in [0.05, 0.1) is 18.0 Å². The van der Waals surface area contributed by atoms with E-state index in [1.54, 1.807) is 32.0 Å². The molecule has 2 rings (SSSR count). The average Bonchev–Trinajstić information content (AvgIpc) is 2.54. The fraction of sp³-hybridized carbons (Fsp3) is 0.316. The molecule has 0 aromatic heterocycles. The quantitative estimate of drug-likeness (QED) is 0.840. The summed E-state index contributed by atoms with van der Waals surface area (Å²) in [6.07, 6.45) is 1.07. The van der Waals surface area contributed by atoms with E-state index in [1.165, 1.54) is 12.1 Å². The number of carbonyl (C=O) groups is 1. The van der Waals surface area contributed by atoms with Crippen molar-refractivity contribution in [1.82, 2.24) is 5.32 Å². The lowest BCUT2D eigenvalue weighted by molar-refractivity contribution is -0.120. The molecule has 0 spiro atoms. The zero-order chi connectivity index (χ0) is 19.5. The molecule has 0 aliphatic carbocycles. The van der Waals surface area contributed by atoms with Gasteiger partial charge in [-0.15, -0.1) is 0 Å². The Morgan fingerprint density at radius 1 is 1.15 bits per heavy atom. The normalized spacial score (nSPS) is 12.5. The SMILES string of the molecule is Cc1ccc(C)c(N(CC(=O)N[C@@H](C)c2ccc(F)cc2)S(C)(=O)=O)c1. The third-order valence-corrected chi connectivity index (χ3v) is 5.19. The minimum atomic E-state index is -3.64. The highest BCUT2D eigenvalue weighted by atomic mass is 32.2. The Bertz CT molecular complexity index is 896. The molecule has 0 aliphatic heterocycles. The largest absolute Gasteiger partial charge is 0.348 e. The van der Waals surface area contributed by atoms with Gasteiger partial charge in [0.1, 0.15) is 12.4 Å². The maximum Gasteiger partial charge on any atom is 0.241 e. The number of sulfonamides is 1. The van der Waals surface area contributed by atoms with Crippen LogP contribution in [0, 0.1) is 19.7 Å². The van der Waals surface area contributed by atoms with Crippen LogP contribution >= 0.6 is 0 Å². The first kappa shape index (κ1) is 19.9. The monoisotopic (exact) mass is 378 g/mol. The predicted molar refractivity (Wildman–Crippen MR) is 101 cm³/mol. The molecule has 2 aromatic carbocycles. The van der Waals surface area contributed by atoms with E-state index in [2.05, 4.69) is 5.32 Å². The third kappa shape index (κ3) is 5.05. The topological polar surface area (TPSA) is 66.5 Å². The van der Waals surface area contributed by atoms with Gasteiger partial charge in [0.15, 0.2) is 0 Å². The number of carbonyl (C=O) groups excluding carboxylic acids is 1. The number of nitrogens with zero attached hydrogens (tertiary/aromatic N) is 1. The summed E-state index contributed by atoms with van der Waals surface area (Å²) in [5.41, 5.74) is 2.88. The van der Waals surface area contributed by atoms with Crippen molar-refractivity contribution in [3.63, 3.8) is 0 Å². The number of aryl methyl sites for hydroxylation is 2. The van der Waals surface area contributed by atoms with E-state index >= 15 is 0 Å². The summed E-state index contributed by atoms with van der Waals surface area (Å²) in [5, 5.41) is 2.75. The molecule has 0 aliphatic rings. The molecule has 26 heavy (non-hydrogen) atoms. The van der Waals surface area contributed by atoms with Crippen molar-refractivity contribution in [2.24, 2.45) is 0 Å². The molecule has 0 unspecified atom stereocenters. The summed E-state index contributed by atoms with van der Waals surface area (Å²) in [6, 6.07) is 10.9. The summed E-state index contributed by atoms with van der Waals surface area (Å²) < 4.78 is 38.6. The van der Waals surface area contributed by atoms with Crippen molar-refractivity contribution in [1.29, 1.82) is 0 Å². The first-order chi connectivity index (χ1) is 12.1. The van der Waals surface area contributed by atoms with Gasteiger partial charge >= 0.3 is 0 Å². The number of anilines is 1. The molecule has 1 amide bonds. The van der Waals surface area contributed by atoms with Gasteiger partial charge < -0.3 is 5.32 Å². The Balaban J connectivity index is 2.19. The number of benzene rings is 2. The van der Waals surface area contributed by atoms with E-state index in [1.807, 2.05) is 19.1 Å². The van der Waals surface area contributed by atoms with Crippen LogP contribution in [0.4, 0.5) is 10.1 Å². The standard InChI is InChI=1S/C19H23FN2O3S/c1-13-5-6-14(2)18(11-13)22(26(4,24)25)12-19(23)21-15(3)16-7-9-17(20)10-8-16/h5-11,15H,12H2,1-4H3,(H,21,23)/t15-/m0/s1. The lowest BCUT2D eigenvalue weighted by atomic mass is 10.1. The first-order valence-electron chi connectivity index (χ1n) is 8.17. The molecule has 0 saturated heterocycles. The van der Waals surface area contributed by atoms with Gasteiger partial charge in [-0.1, -0.05) is 24.3 Å². The zero-order valence-corrected chi connectivity index (χ0v) is 16.1. The van der Waals surface area contributed by atoms with Gasteiger partial charge in [0, 0.05) is 0 Å².